The number of aliphatic hydroxyl groups excluding tert-OH is 1. The van der Waals surface area contributed by atoms with Gasteiger partial charge >= 0.3 is 0 Å². The van der Waals surface area contributed by atoms with Gasteiger partial charge in [0.05, 0.1) is 0 Å². The van der Waals surface area contributed by atoms with Gasteiger partial charge in [0, 0.05) is 6.10 Å². The van der Waals surface area contributed by atoms with Gasteiger partial charge in [-0.3, -0.25) is 0 Å². The van der Waals surface area contributed by atoms with E-state index in [9.17, 15) is 0 Å². The lowest BCUT2D eigenvalue weighted by Gasteiger charge is -1.86. The van der Waals surface area contributed by atoms with Crippen molar-refractivity contribution in [1.82, 2.24) is 0 Å². The molecule has 0 rings (SSSR count). The maximum atomic E-state index is 8.06. The molecule has 0 aromatic rings. The van der Waals surface area contributed by atoms with E-state index in [0.29, 0.717) is 0 Å². The van der Waals surface area contributed by atoms with Crippen LogP contribution in [0.2, 0.25) is 0 Å². The molecule has 0 aliphatic rings. The van der Waals surface area contributed by atoms with Crippen molar-refractivity contribution in [3.05, 3.63) is 0 Å². The topological polar surface area (TPSA) is 51.7 Å². The van der Waals surface area contributed by atoms with Crippen LogP contribution in [0.4, 0.5) is 0 Å². The van der Waals surface area contributed by atoms with Gasteiger partial charge in [-0.15, -0.1) is 0 Å². The highest BCUT2D eigenvalue weighted by molar-refractivity contribution is 4.31. The van der Waals surface area contributed by atoms with Gasteiger partial charge in [-0.1, -0.05) is 39.5 Å². The third-order valence-electron chi connectivity index (χ3n) is 0.957. The Labute approximate surface area is 70.9 Å². The van der Waals surface area contributed by atoms with E-state index in [1.54, 1.807) is 13.8 Å². The fourth-order valence-electron chi connectivity index (χ4n) is 0.500. The minimum atomic E-state index is -0.167. The van der Waals surface area contributed by atoms with Gasteiger partial charge in [0.15, 0.2) is 0 Å². The maximum absolute atomic E-state index is 8.06. The van der Waals surface area contributed by atoms with Crippen LogP contribution in [0.15, 0.2) is 0 Å². The van der Waals surface area contributed by atoms with E-state index < -0.39 is 0 Å². The van der Waals surface area contributed by atoms with Gasteiger partial charge in [-0.05, 0) is 13.8 Å². The van der Waals surface area contributed by atoms with Gasteiger partial charge in [0.2, 0.25) is 0 Å². The second-order valence-corrected chi connectivity index (χ2v) is 2.80. The highest BCUT2D eigenvalue weighted by Crippen LogP contribution is 1.95. The van der Waals surface area contributed by atoms with Gasteiger partial charge in [0.1, 0.15) is 0 Å². The summed E-state index contributed by atoms with van der Waals surface area (Å²) in [7, 11) is 0. The molecule has 0 unspecified atom stereocenters. The molecule has 2 nitrogen and oxygen atoms in total. The molecular formula is C9H24O2. The first kappa shape index (κ1) is 17.1. The second kappa shape index (κ2) is 16.5. The lowest BCUT2D eigenvalue weighted by atomic mass is 10.2. The normalized spacial score (nSPS) is 8.18. The second-order valence-electron chi connectivity index (χ2n) is 2.80. The van der Waals surface area contributed by atoms with Crippen molar-refractivity contribution in [2.24, 2.45) is 0 Å². The summed E-state index contributed by atoms with van der Waals surface area (Å²) in [5, 5.41) is 8.06. The molecular weight excluding hydrogens is 140 g/mol. The van der Waals surface area contributed by atoms with Crippen LogP contribution < -0.4 is 0 Å². The van der Waals surface area contributed by atoms with E-state index >= 15 is 0 Å². The van der Waals surface area contributed by atoms with Crippen LogP contribution in [0, 0.1) is 0 Å². The SMILES string of the molecule is CC(C)O.CCCCCC.O. The first-order valence-electron chi connectivity index (χ1n) is 4.33. The van der Waals surface area contributed by atoms with Gasteiger partial charge in [0.25, 0.3) is 0 Å². The Morgan fingerprint density at radius 1 is 1.00 bits per heavy atom. The Balaban J connectivity index is -0.000000114. The summed E-state index contributed by atoms with van der Waals surface area (Å²) >= 11 is 0. The molecule has 3 N–H and O–H groups in total. The summed E-state index contributed by atoms with van der Waals surface area (Å²) in [6, 6.07) is 0. The largest absolute Gasteiger partial charge is 0.412 e. The number of unbranched alkanes of at least 4 members (excludes halogenated alkanes) is 3. The van der Waals surface area contributed by atoms with Crippen LogP contribution in [-0.4, -0.2) is 16.7 Å². The Morgan fingerprint density at radius 2 is 1.18 bits per heavy atom. The molecule has 0 aromatic heterocycles. The molecule has 0 aromatic carbocycles. The minimum Gasteiger partial charge on any atom is -0.412 e. The van der Waals surface area contributed by atoms with Crippen LogP contribution in [0.5, 0.6) is 0 Å². The maximum Gasteiger partial charge on any atom is 0.0483 e. The minimum absolute atomic E-state index is 0. The van der Waals surface area contributed by atoms with Crippen LogP contribution in [0.25, 0.3) is 0 Å². The van der Waals surface area contributed by atoms with Crippen molar-refractivity contribution in [3.63, 3.8) is 0 Å². The summed E-state index contributed by atoms with van der Waals surface area (Å²) in [5.41, 5.74) is 0. The summed E-state index contributed by atoms with van der Waals surface area (Å²) in [5.74, 6) is 0. The standard InChI is InChI=1S/C6H14.C3H8O.H2O/c1-3-5-6-4-2;1-3(2)4;/h3-6H2,1-2H3;3-4H,1-2H3;1H2. The van der Waals surface area contributed by atoms with Crippen LogP contribution >= 0.6 is 0 Å². The van der Waals surface area contributed by atoms with Crippen LogP contribution in [-0.2, 0) is 0 Å². The molecule has 0 bridgehead atoms. The van der Waals surface area contributed by atoms with Crippen molar-refractivity contribution in [1.29, 1.82) is 0 Å². The molecule has 0 heterocycles. The van der Waals surface area contributed by atoms with Crippen molar-refractivity contribution in [2.75, 3.05) is 0 Å². The van der Waals surface area contributed by atoms with Gasteiger partial charge < -0.3 is 10.6 Å². The molecule has 0 radical (unpaired) electrons. The number of hydrogen-bond acceptors (Lipinski definition) is 1. The predicted octanol–water partition coefficient (Wildman–Crippen LogP) is 2.15. The summed E-state index contributed by atoms with van der Waals surface area (Å²) in [6.07, 6.45) is 5.37. The monoisotopic (exact) mass is 164 g/mol. The molecule has 0 saturated heterocycles. The Kier molecular flexibility index (Phi) is 25.7. The molecule has 72 valence electrons. The molecule has 0 atom stereocenters. The van der Waals surface area contributed by atoms with Gasteiger partial charge in [-0.25, -0.2) is 0 Å². The van der Waals surface area contributed by atoms with E-state index in [-0.39, 0.29) is 11.6 Å². The molecule has 2 heteroatoms. The van der Waals surface area contributed by atoms with E-state index in [1.807, 2.05) is 0 Å². The molecule has 11 heavy (non-hydrogen) atoms. The fourth-order valence-corrected chi connectivity index (χ4v) is 0.500. The number of hydrogen-bond donors (Lipinski definition) is 1. The summed E-state index contributed by atoms with van der Waals surface area (Å²) < 4.78 is 0. The van der Waals surface area contributed by atoms with E-state index in [2.05, 4.69) is 13.8 Å². The Hall–Kier alpha value is -0.0800. The van der Waals surface area contributed by atoms with Crippen molar-refractivity contribution in [3.8, 4) is 0 Å². The van der Waals surface area contributed by atoms with Crippen molar-refractivity contribution >= 4 is 0 Å². The predicted molar refractivity (Wildman–Crippen MR) is 50.8 cm³/mol. The zero-order chi connectivity index (χ0) is 8.41. The van der Waals surface area contributed by atoms with Crippen LogP contribution in [0.1, 0.15) is 53.4 Å². The molecule has 0 saturated carbocycles. The molecule has 0 aliphatic heterocycles. The van der Waals surface area contributed by atoms with E-state index in [1.165, 1.54) is 25.7 Å². The first-order valence-corrected chi connectivity index (χ1v) is 4.33. The third kappa shape index (κ3) is 73.0. The third-order valence-corrected chi connectivity index (χ3v) is 0.957. The fraction of sp³-hybridized carbons (Fsp3) is 1.00. The van der Waals surface area contributed by atoms with Crippen molar-refractivity contribution < 1.29 is 10.6 Å². The van der Waals surface area contributed by atoms with Gasteiger partial charge in [-0.2, -0.15) is 0 Å². The smallest absolute Gasteiger partial charge is 0.0483 e. The Morgan fingerprint density at radius 3 is 1.27 bits per heavy atom. The van der Waals surface area contributed by atoms with E-state index in [0.717, 1.165) is 0 Å². The quantitative estimate of drug-likeness (QED) is 0.638. The van der Waals surface area contributed by atoms with Crippen molar-refractivity contribution in [2.45, 2.75) is 59.5 Å². The lowest BCUT2D eigenvalue weighted by Crippen LogP contribution is -1.85. The molecule has 0 aliphatic carbocycles. The number of rotatable bonds is 3. The Bertz CT molecular complexity index is 38.1. The zero-order valence-electron chi connectivity index (χ0n) is 8.35. The van der Waals surface area contributed by atoms with Crippen LogP contribution in [0.3, 0.4) is 0 Å². The molecule has 0 fully saturated rings. The summed E-state index contributed by atoms with van der Waals surface area (Å²) in [6.45, 7) is 7.91. The first-order chi connectivity index (χ1) is 4.65. The average molecular weight is 164 g/mol. The number of aliphatic hydroxyl groups is 1. The highest BCUT2D eigenvalue weighted by atomic mass is 16.3. The summed E-state index contributed by atoms with van der Waals surface area (Å²) in [4.78, 5) is 0. The molecule has 0 amide bonds. The lowest BCUT2D eigenvalue weighted by molar-refractivity contribution is 0.216. The zero-order valence-corrected chi connectivity index (χ0v) is 8.35. The highest BCUT2D eigenvalue weighted by Gasteiger charge is 1.75. The van der Waals surface area contributed by atoms with E-state index in [4.69, 9.17) is 5.11 Å². The molecule has 0 spiro atoms. The average Bonchev–Trinajstić information content (AvgIpc) is 1.82.